The van der Waals surface area contributed by atoms with Crippen LogP contribution < -0.4 is 0 Å². The van der Waals surface area contributed by atoms with Gasteiger partial charge in [-0.25, -0.2) is 0 Å². The Hall–Kier alpha value is -0.260. The number of allylic oxidation sites excluding steroid dienone is 1. The molecule has 0 aromatic heterocycles. The minimum atomic E-state index is 0.809. The molecule has 1 aliphatic carbocycles. The Morgan fingerprint density at radius 3 is 2.18 bits per heavy atom. The fraction of sp³-hybridized carbons (Fsp3) is 0.818. The summed E-state index contributed by atoms with van der Waals surface area (Å²) in [6, 6.07) is 0. The highest BCUT2D eigenvalue weighted by atomic mass is 14.2. The van der Waals surface area contributed by atoms with E-state index < -0.39 is 0 Å². The molecule has 66 valence electrons. The van der Waals surface area contributed by atoms with Crippen LogP contribution >= 0.6 is 0 Å². The Morgan fingerprint density at radius 1 is 1.36 bits per heavy atom. The minimum absolute atomic E-state index is 0.809. The van der Waals surface area contributed by atoms with Gasteiger partial charge in [0.1, 0.15) is 0 Å². The van der Waals surface area contributed by atoms with E-state index in [0.29, 0.717) is 0 Å². The van der Waals surface area contributed by atoms with Crippen molar-refractivity contribution in [1.29, 1.82) is 0 Å². The molecule has 1 aliphatic rings. The molecule has 11 heavy (non-hydrogen) atoms. The molecule has 0 N–H and O–H groups in total. The summed E-state index contributed by atoms with van der Waals surface area (Å²) in [5.41, 5.74) is 1.47. The zero-order chi connectivity index (χ0) is 8.69. The van der Waals surface area contributed by atoms with Gasteiger partial charge in [0.2, 0.25) is 0 Å². The quantitative estimate of drug-likeness (QED) is 0.459. The van der Waals surface area contributed by atoms with E-state index >= 15 is 0 Å². The maximum Gasteiger partial charge on any atom is -0.0234 e. The minimum Gasteiger partial charge on any atom is -0.0996 e. The summed E-state index contributed by atoms with van der Waals surface area (Å²) < 4.78 is 0. The summed E-state index contributed by atoms with van der Waals surface area (Å²) in [4.78, 5) is 0. The average Bonchev–Trinajstić information content (AvgIpc) is 1.97. The van der Waals surface area contributed by atoms with Gasteiger partial charge in [0.25, 0.3) is 0 Å². The van der Waals surface area contributed by atoms with Gasteiger partial charge in [-0.05, 0) is 25.2 Å². The summed E-state index contributed by atoms with van der Waals surface area (Å²) in [5, 5.41) is 0. The Labute approximate surface area is 71.7 Å². The Morgan fingerprint density at radius 2 is 1.91 bits per heavy atom. The molecule has 0 saturated heterocycles. The van der Waals surface area contributed by atoms with Crippen LogP contribution in [0.25, 0.3) is 0 Å². The second kappa shape index (κ2) is 6.45. The third-order valence-corrected chi connectivity index (χ3v) is 2.08. The lowest BCUT2D eigenvalue weighted by Crippen LogP contribution is -2.03. The molecule has 1 atom stereocenters. The molecule has 0 heteroatoms. The third-order valence-electron chi connectivity index (χ3n) is 2.08. The summed E-state index contributed by atoms with van der Waals surface area (Å²) in [6.07, 6.45) is 6.70. The molecule has 1 fully saturated rings. The van der Waals surface area contributed by atoms with Crippen LogP contribution in [0.3, 0.4) is 0 Å². The Balaban J connectivity index is 0.000000292. The van der Waals surface area contributed by atoms with E-state index in [9.17, 15) is 0 Å². The first-order valence-corrected chi connectivity index (χ1v) is 4.90. The van der Waals surface area contributed by atoms with Gasteiger partial charge in [-0.3, -0.25) is 0 Å². The van der Waals surface area contributed by atoms with Crippen LogP contribution in [0.2, 0.25) is 0 Å². The van der Waals surface area contributed by atoms with Crippen LogP contribution in [-0.2, 0) is 0 Å². The second-order valence-corrected chi connectivity index (χ2v) is 3.51. The van der Waals surface area contributed by atoms with Gasteiger partial charge in [0, 0.05) is 0 Å². The maximum atomic E-state index is 4.00. The maximum absolute atomic E-state index is 4.00. The van der Waals surface area contributed by atoms with Crippen LogP contribution in [-0.4, -0.2) is 0 Å². The molecule has 0 aromatic carbocycles. The van der Waals surface area contributed by atoms with Crippen LogP contribution in [0.1, 0.15) is 52.9 Å². The van der Waals surface area contributed by atoms with Crippen molar-refractivity contribution in [3.8, 4) is 0 Å². The average molecular weight is 154 g/mol. The molecule has 0 heterocycles. The molecule has 1 rings (SSSR count). The van der Waals surface area contributed by atoms with Gasteiger partial charge in [0.15, 0.2) is 0 Å². The van der Waals surface area contributed by atoms with Crippen LogP contribution in [0.15, 0.2) is 12.2 Å². The van der Waals surface area contributed by atoms with Gasteiger partial charge >= 0.3 is 0 Å². The van der Waals surface area contributed by atoms with Gasteiger partial charge < -0.3 is 0 Å². The Bertz CT molecular complexity index is 103. The van der Waals surface area contributed by atoms with E-state index in [-0.39, 0.29) is 0 Å². The zero-order valence-electron chi connectivity index (χ0n) is 8.32. The summed E-state index contributed by atoms with van der Waals surface area (Å²) >= 11 is 0. The highest BCUT2D eigenvalue weighted by Gasteiger charge is 2.10. The topological polar surface area (TPSA) is 0 Å². The highest BCUT2D eigenvalue weighted by molar-refractivity contribution is 5.01. The summed E-state index contributed by atoms with van der Waals surface area (Å²) in [7, 11) is 0. The van der Waals surface area contributed by atoms with E-state index in [1.165, 1.54) is 37.7 Å². The van der Waals surface area contributed by atoms with Crippen LogP contribution in [0, 0.1) is 5.92 Å². The molecule has 0 amide bonds. The van der Waals surface area contributed by atoms with Crippen molar-refractivity contribution in [3.05, 3.63) is 12.2 Å². The van der Waals surface area contributed by atoms with Crippen molar-refractivity contribution in [2.75, 3.05) is 0 Å². The van der Waals surface area contributed by atoms with Crippen LogP contribution in [0.5, 0.6) is 0 Å². The van der Waals surface area contributed by atoms with E-state index in [2.05, 4.69) is 27.4 Å². The first-order valence-electron chi connectivity index (χ1n) is 4.90. The molecular formula is C11H22. The lowest BCUT2D eigenvalue weighted by atomic mass is 9.87. The van der Waals surface area contributed by atoms with Crippen molar-refractivity contribution in [2.45, 2.75) is 52.9 Å². The monoisotopic (exact) mass is 154 g/mol. The lowest BCUT2D eigenvalue weighted by molar-refractivity contribution is 0.486. The predicted octanol–water partition coefficient (Wildman–Crippen LogP) is 4.17. The van der Waals surface area contributed by atoms with Gasteiger partial charge in [-0.15, -0.1) is 0 Å². The zero-order valence-corrected chi connectivity index (χ0v) is 8.32. The fourth-order valence-corrected chi connectivity index (χ4v) is 1.25. The molecule has 0 aliphatic heterocycles. The normalized spacial score (nSPS) is 23.9. The number of hydrogen-bond donors (Lipinski definition) is 0. The smallest absolute Gasteiger partial charge is 0.0234 e. The summed E-state index contributed by atoms with van der Waals surface area (Å²) in [5.74, 6) is 0.809. The predicted molar refractivity (Wildman–Crippen MR) is 52.7 cm³/mol. The van der Waals surface area contributed by atoms with Crippen molar-refractivity contribution in [2.24, 2.45) is 5.92 Å². The largest absolute Gasteiger partial charge is 0.0996 e. The standard InChI is InChI=1S/C8H14.C3H8/c1-7-5-3-4-6-8(7)2;1-3-2/h8H,1,3-6H2,2H3;3H2,1-2H3. The highest BCUT2D eigenvalue weighted by Crippen LogP contribution is 2.26. The van der Waals surface area contributed by atoms with Crippen molar-refractivity contribution in [1.82, 2.24) is 0 Å². The molecule has 1 saturated carbocycles. The molecule has 0 aromatic rings. The van der Waals surface area contributed by atoms with Crippen molar-refractivity contribution < 1.29 is 0 Å². The SMILES string of the molecule is C=C1CCCCC1C.CCC. The second-order valence-electron chi connectivity index (χ2n) is 3.51. The van der Waals surface area contributed by atoms with Crippen LogP contribution in [0.4, 0.5) is 0 Å². The first-order chi connectivity index (χ1) is 5.22. The molecular weight excluding hydrogens is 132 g/mol. The van der Waals surface area contributed by atoms with E-state index in [1.54, 1.807) is 0 Å². The molecule has 1 unspecified atom stereocenters. The van der Waals surface area contributed by atoms with E-state index in [4.69, 9.17) is 0 Å². The van der Waals surface area contributed by atoms with Gasteiger partial charge in [0.05, 0.1) is 0 Å². The van der Waals surface area contributed by atoms with E-state index in [1.807, 2.05) is 0 Å². The molecule has 0 spiro atoms. The molecule has 0 bridgehead atoms. The fourth-order valence-electron chi connectivity index (χ4n) is 1.25. The summed E-state index contributed by atoms with van der Waals surface area (Å²) in [6.45, 7) is 10.5. The molecule has 0 nitrogen and oxygen atoms in total. The molecule has 0 radical (unpaired) electrons. The van der Waals surface area contributed by atoms with Crippen molar-refractivity contribution >= 4 is 0 Å². The lowest BCUT2D eigenvalue weighted by Gasteiger charge is -2.19. The number of hydrogen-bond acceptors (Lipinski definition) is 0. The van der Waals surface area contributed by atoms with Gasteiger partial charge in [-0.2, -0.15) is 0 Å². The van der Waals surface area contributed by atoms with Crippen molar-refractivity contribution in [3.63, 3.8) is 0 Å². The Kier molecular flexibility index (Phi) is 6.30. The number of rotatable bonds is 0. The third kappa shape index (κ3) is 5.06. The first kappa shape index (κ1) is 10.7. The van der Waals surface area contributed by atoms with Gasteiger partial charge in [-0.1, -0.05) is 45.8 Å². The van der Waals surface area contributed by atoms with E-state index in [0.717, 1.165) is 5.92 Å².